The van der Waals surface area contributed by atoms with E-state index < -0.39 is 37.6 Å². The Morgan fingerprint density at radius 3 is 2.45 bits per heavy atom. The first-order chi connectivity index (χ1) is 9.31. The van der Waals surface area contributed by atoms with Crippen LogP contribution in [0.5, 0.6) is 0 Å². The Hall–Kier alpha value is -1.62. The molecule has 0 aromatic heterocycles. The topological polar surface area (TPSA) is 108 Å². The molecule has 0 aliphatic carbocycles. The molecule has 0 fully saturated rings. The van der Waals surface area contributed by atoms with Crippen LogP contribution >= 0.6 is 0 Å². The first-order valence-corrected chi connectivity index (χ1v) is 6.79. The number of halogens is 1. The van der Waals surface area contributed by atoms with Crippen molar-refractivity contribution in [1.29, 1.82) is 0 Å². The van der Waals surface area contributed by atoms with Gasteiger partial charge in [-0.1, -0.05) is 0 Å². The van der Waals surface area contributed by atoms with E-state index in [1.807, 2.05) is 0 Å². The molecule has 0 atom stereocenters. The largest absolute Gasteiger partial charge is 0.355 e. The second-order valence-corrected chi connectivity index (χ2v) is 5.36. The van der Waals surface area contributed by atoms with Gasteiger partial charge >= 0.3 is 0 Å². The number of nitrogens with zero attached hydrogens (tertiary/aromatic N) is 1. The van der Waals surface area contributed by atoms with Gasteiger partial charge in [0.05, 0.1) is 17.5 Å². The molecular weight excluding hydrogens is 295 g/mol. The normalized spacial score (nSPS) is 11.8. The maximum atomic E-state index is 13.6. The highest BCUT2D eigenvalue weighted by Crippen LogP contribution is 2.20. The van der Waals surface area contributed by atoms with E-state index >= 15 is 0 Å². The van der Waals surface area contributed by atoms with Crippen molar-refractivity contribution in [2.24, 2.45) is 0 Å². The molecule has 1 N–H and O–H groups in total. The summed E-state index contributed by atoms with van der Waals surface area (Å²) >= 11 is 0. The summed E-state index contributed by atoms with van der Waals surface area (Å²) in [4.78, 5) is 8.94. The van der Waals surface area contributed by atoms with Crippen molar-refractivity contribution < 1.29 is 27.2 Å². The summed E-state index contributed by atoms with van der Waals surface area (Å²) in [7, 11) is -1.53. The van der Waals surface area contributed by atoms with Crippen molar-refractivity contribution in [1.82, 2.24) is 4.72 Å². The van der Waals surface area contributed by atoms with Crippen LogP contribution in [0.2, 0.25) is 0 Å². The molecule has 0 unspecified atom stereocenters. The van der Waals surface area contributed by atoms with Gasteiger partial charge in [0.1, 0.15) is 10.7 Å². The number of hydrogen-bond acceptors (Lipinski definition) is 6. The van der Waals surface area contributed by atoms with Gasteiger partial charge in [0.15, 0.2) is 6.29 Å². The molecule has 1 aromatic carbocycles. The highest BCUT2D eigenvalue weighted by atomic mass is 32.2. The van der Waals surface area contributed by atoms with E-state index in [4.69, 9.17) is 9.47 Å². The lowest BCUT2D eigenvalue weighted by atomic mass is 10.3. The predicted octanol–water partition coefficient (Wildman–Crippen LogP) is 0.631. The molecule has 0 aliphatic heterocycles. The SMILES string of the molecule is COC(CNS(=O)(=O)c1ccc([N+](=O)[O-])cc1F)OC. The van der Waals surface area contributed by atoms with Crippen LogP contribution in [-0.2, 0) is 19.5 Å². The van der Waals surface area contributed by atoms with Gasteiger partial charge in [-0.2, -0.15) is 0 Å². The molecule has 0 saturated heterocycles. The summed E-state index contributed by atoms with van der Waals surface area (Å²) < 4.78 is 48.9. The summed E-state index contributed by atoms with van der Waals surface area (Å²) in [6.45, 7) is -0.230. The predicted molar refractivity (Wildman–Crippen MR) is 66.0 cm³/mol. The number of nitro benzene ring substituents is 1. The van der Waals surface area contributed by atoms with E-state index in [1.165, 1.54) is 14.2 Å². The third-order valence-electron chi connectivity index (χ3n) is 2.38. The number of benzene rings is 1. The minimum absolute atomic E-state index is 0.230. The zero-order valence-electron chi connectivity index (χ0n) is 10.7. The summed E-state index contributed by atoms with van der Waals surface area (Å²) in [6, 6.07) is 2.27. The summed E-state index contributed by atoms with van der Waals surface area (Å²) in [6.07, 6.45) is -0.828. The van der Waals surface area contributed by atoms with E-state index in [-0.39, 0.29) is 6.54 Å². The average Bonchev–Trinajstić information content (AvgIpc) is 2.39. The summed E-state index contributed by atoms with van der Waals surface area (Å²) in [5.41, 5.74) is -0.534. The Morgan fingerprint density at radius 1 is 1.40 bits per heavy atom. The van der Waals surface area contributed by atoms with Gasteiger partial charge in [-0.15, -0.1) is 0 Å². The van der Waals surface area contributed by atoms with Crippen LogP contribution < -0.4 is 4.72 Å². The average molecular weight is 308 g/mol. The number of sulfonamides is 1. The first-order valence-electron chi connectivity index (χ1n) is 5.31. The molecule has 1 aromatic rings. The quantitative estimate of drug-likeness (QED) is 0.450. The van der Waals surface area contributed by atoms with Gasteiger partial charge in [0.2, 0.25) is 10.0 Å². The van der Waals surface area contributed by atoms with Crippen molar-refractivity contribution in [2.45, 2.75) is 11.2 Å². The van der Waals surface area contributed by atoms with E-state index in [1.54, 1.807) is 0 Å². The number of non-ortho nitro benzene ring substituents is 1. The Kier molecular flexibility index (Phi) is 5.51. The van der Waals surface area contributed by atoms with Gasteiger partial charge < -0.3 is 9.47 Å². The minimum Gasteiger partial charge on any atom is -0.355 e. The monoisotopic (exact) mass is 308 g/mol. The van der Waals surface area contributed by atoms with Crippen molar-refractivity contribution in [3.63, 3.8) is 0 Å². The zero-order valence-corrected chi connectivity index (χ0v) is 11.5. The number of nitrogens with one attached hydrogen (secondary N) is 1. The molecule has 0 aliphatic rings. The van der Waals surface area contributed by atoms with Gasteiger partial charge in [0, 0.05) is 20.3 Å². The molecule has 8 nitrogen and oxygen atoms in total. The fourth-order valence-electron chi connectivity index (χ4n) is 1.34. The van der Waals surface area contributed by atoms with Gasteiger partial charge in [-0.25, -0.2) is 17.5 Å². The molecule has 1 rings (SSSR count). The Balaban J connectivity index is 2.95. The third kappa shape index (κ3) is 3.93. The molecule has 0 saturated carbocycles. The number of methoxy groups -OCH3 is 2. The molecule has 112 valence electrons. The minimum atomic E-state index is -4.16. The van der Waals surface area contributed by atoms with Crippen LogP contribution in [0.1, 0.15) is 0 Å². The lowest BCUT2D eigenvalue weighted by Gasteiger charge is -2.14. The third-order valence-corrected chi connectivity index (χ3v) is 3.84. The molecule has 0 heterocycles. The van der Waals surface area contributed by atoms with Gasteiger partial charge in [-0.3, -0.25) is 10.1 Å². The fraction of sp³-hybridized carbons (Fsp3) is 0.400. The van der Waals surface area contributed by atoms with Crippen LogP contribution in [0.4, 0.5) is 10.1 Å². The lowest BCUT2D eigenvalue weighted by molar-refractivity contribution is -0.385. The highest BCUT2D eigenvalue weighted by molar-refractivity contribution is 7.89. The smallest absolute Gasteiger partial charge is 0.272 e. The van der Waals surface area contributed by atoms with E-state index in [9.17, 15) is 22.9 Å². The van der Waals surface area contributed by atoms with Crippen LogP contribution in [0.15, 0.2) is 23.1 Å². The number of ether oxygens (including phenoxy) is 2. The zero-order chi connectivity index (χ0) is 15.3. The molecule has 0 radical (unpaired) electrons. The van der Waals surface area contributed by atoms with Crippen LogP contribution in [0.25, 0.3) is 0 Å². The number of hydrogen-bond donors (Lipinski definition) is 1. The second-order valence-electron chi connectivity index (χ2n) is 3.62. The molecule has 10 heteroatoms. The Morgan fingerprint density at radius 2 is 2.00 bits per heavy atom. The fourth-order valence-corrected chi connectivity index (χ4v) is 2.41. The number of rotatable bonds is 7. The lowest BCUT2D eigenvalue weighted by Crippen LogP contribution is -2.34. The Bertz CT molecular complexity index is 587. The second kappa shape index (κ2) is 6.70. The van der Waals surface area contributed by atoms with Crippen LogP contribution in [0.3, 0.4) is 0 Å². The van der Waals surface area contributed by atoms with Crippen molar-refractivity contribution in [2.75, 3.05) is 20.8 Å². The first kappa shape index (κ1) is 16.4. The van der Waals surface area contributed by atoms with Gasteiger partial charge in [-0.05, 0) is 6.07 Å². The maximum Gasteiger partial charge on any atom is 0.272 e. The van der Waals surface area contributed by atoms with Crippen molar-refractivity contribution in [3.8, 4) is 0 Å². The standard InChI is InChI=1S/C10H13FN2O6S/c1-18-10(19-2)6-12-20(16,17)9-4-3-7(13(14)15)5-8(9)11/h3-5,10,12H,6H2,1-2H3. The highest BCUT2D eigenvalue weighted by Gasteiger charge is 2.22. The van der Waals surface area contributed by atoms with E-state index in [0.29, 0.717) is 6.07 Å². The van der Waals surface area contributed by atoms with Crippen molar-refractivity contribution >= 4 is 15.7 Å². The summed E-state index contributed by atoms with van der Waals surface area (Å²) in [5.74, 6) is -1.21. The Labute approximate surface area is 114 Å². The molecular formula is C10H13FN2O6S. The van der Waals surface area contributed by atoms with E-state index in [2.05, 4.69) is 4.72 Å². The van der Waals surface area contributed by atoms with E-state index in [0.717, 1.165) is 12.1 Å². The molecule has 0 bridgehead atoms. The molecule has 0 spiro atoms. The number of nitro groups is 1. The van der Waals surface area contributed by atoms with Crippen LogP contribution in [0, 0.1) is 15.9 Å². The molecule has 0 amide bonds. The molecule has 20 heavy (non-hydrogen) atoms. The van der Waals surface area contributed by atoms with Crippen molar-refractivity contribution in [3.05, 3.63) is 34.1 Å². The van der Waals surface area contributed by atoms with Gasteiger partial charge in [0.25, 0.3) is 5.69 Å². The maximum absolute atomic E-state index is 13.6. The summed E-state index contributed by atoms with van der Waals surface area (Å²) in [5, 5.41) is 10.4. The van der Waals surface area contributed by atoms with Crippen LogP contribution in [-0.4, -0.2) is 40.4 Å².